The van der Waals surface area contributed by atoms with Gasteiger partial charge in [0.2, 0.25) is 0 Å². The molecule has 0 unspecified atom stereocenters. The molecule has 1 aromatic rings. The first-order valence-corrected chi connectivity index (χ1v) is 6.03. The number of aryl methyl sites for hydroxylation is 1. The molecule has 0 saturated carbocycles. The van der Waals surface area contributed by atoms with Crippen molar-refractivity contribution < 1.29 is 19.6 Å². The molecule has 0 spiro atoms. The molecule has 0 saturated heterocycles. The molecule has 0 heterocycles. The van der Waals surface area contributed by atoms with Crippen LogP contribution >= 0.6 is 0 Å². The van der Waals surface area contributed by atoms with Crippen molar-refractivity contribution in [2.45, 2.75) is 6.92 Å². The average Bonchev–Trinajstić information content (AvgIpc) is 2.38. The number of benzene rings is 1. The summed E-state index contributed by atoms with van der Waals surface area (Å²) in [6.45, 7) is 2.35. The van der Waals surface area contributed by atoms with Gasteiger partial charge in [0, 0.05) is 7.05 Å². The normalized spacial score (nSPS) is 9.84. The van der Waals surface area contributed by atoms with Crippen LogP contribution in [0, 0.1) is 6.92 Å². The lowest BCUT2D eigenvalue weighted by Gasteiger charge is -2.10. The lowest BCUT2D eigenvalue weighted by Crippen LogP contribution is -2.88. The molecule has 0 aliphatic rings. The molecule has 104 valence electrons. The van der Waals surface area contributed by atoms with E-state index >= 15 is 0 Å². The van der Waals surface area contributed by atoms with Crippen LogP contribution in [-0.2, 0) is 9.59 Å². The van der Waals surface area contributed by atoms with Crippen molar-refractivity contribution in [3.63, 3.8) is 0 Å². The zero-order valence-electron chi connectivity index (χ0n) is 11.4. The highest BCUT2D eigenvalue weighted by Crippen LogP contribution is 2.24. The first-order valence-electron chi connectivity index (χ1n) is 6.03. The summed E-state index contributed by atoms with van der Waals surface area (Å²) in [6.07, 6.45) is 0. The zero-order valence-corrected chi connectivity index (χ0v) is 11.4. The van der Waals surface area contributed by atoms with Gasteiger partial charge in [-0.1, -0.05) is 6.07 Å². The van der Waals surface area contributed by atoms with Crippen molar-refractivity contribution >= 4 is 17.5 Å². The number of anilines is 1. The van der Waals surface area contributed by atoms with Gasteiger partial charge >= 0.3 is 0 Å². The first kappa shape index (κ1) is 15.0. The number of ether oxygens (including phenoxy) is 1. The van der Waals surface area contributed by atoms with Crippen molar-refractivity contribution in [2.75, 3.05) is 32.6 Å². The zero-order chi connectivity index (χ0) is 14.3. The van der Waals surface area contributed by atoms with Gasteiger partial charge in [-0.05, 0) is 24.6 Å². The Bertz CT molecular complexity index is 460. The van der Waals surface area contributed by atoms with E-state index in [9.17, 15) is 9.59 Å². The van der Waals surface area contributed by atoms with Crippen LogP contribution in [0.15, 0.2) is 18.2 Å². The quantitative estimate of drug-likeness (QED) is 0.633. The largest absolute Gasteiger partial charge is 0.495 e. The van der Waals surface area contributed by atoms with E-state index in [0.29, 0.717) is 11.4 Å². The number of likely N-dealkylation sites (N-methyl/N-ethyl adjacent to an activating group) is 1. The van der Waals surface area contributed by atoms with Crippen molar-refractivity contribution in [2.24, 2.45) is 0 Å². The average molecular weight is 266 g/mol. The smallest absolute Gasteiger partial charge is 0.279 e. The van der Waals surface area contributed by atoms with E-state index in [-0.39, 0.29) is 24.9 Å². The molecule has 1 rings (SSSR count). The highest BCUT2D eigenvalue weighted by Gasteiger charge is 2.10. The summed E-state index contributed by atoms with van der Waals surface area (Å²) >= 11 is 0. The number of carbonyl (C=O) groups is 2. The Kier molecular flexibility index (Phi) is 5.81. The van der Waals surface area contributed by atoms with Crippen molar-refractivity contribution in [3.05, 3.63) is 23.8 Å². The first-order chi connectivity index (χ1) is 9.06. The van der Waals surface area contributed by atoms with Gasteiger partial charge in [-0.3, -0.25) is 9.59 Å². The number of quaternary nitrogens is 1. The minimum absolute atomic E-state index is 0.110. The SMILES string of the molecule is CNC(=O)C[NH2+]CC(=O)Nc1cc(C)ccc1OC. The molecule has 2 amide bonds. The predicted octanol–water partition coefficient (Wildman–Crippen LogP) is -0.748. The lowest BCUT2D eigenvalue weighted by molar-refractivity contribution is -0.632. The van der Waals surface area contributed by atoms with Gasteiger partial charge in [0.1, 0.15) is 5.75 Å². The van der Waals surface area contributed by atoms with Crippen LogP contribution in [0.1, 0.15) is 5.56 Å². The molecule has 0 aliphatic heterocycles. The van der Waals surface area contributed by atoms with Gasteiger partial charge in [0.25, 0.3) is 11.8 Å². The number of hydrogen-bond acceptors (Lipinski definition) is 3. The van der Waals surface area contributed by atoms with Crippen LogP contribution in [0.2, 0.25) is 0 Å². The number of carbonyl (C=O) groups excluding carboxylic acids is 2. The summed E-state index contributed by atoms with van der Waals surface area (Å²) in [6, 6.07) is 5.56. The summed E-state index contributed by atoms with van der Waals surface area (Å²) in [5.74, 6) is 0.332. The van der Waals surface area contributed by atoms with Gasteiger partial charge in [-0.25, -0.2) is 0 Å². The van der Waals surface area contributed by atoms with E-state index in [1.165, 1.54) is 0 Å². The van der Waals surface area contributed by atoms with Crippen LogP contribution in [-0.4, -0.2) is 39.1 Å². The second-order valence-corrected chi connectivity index (χ2v) is 4.12. The molecule has 1 aromatic carbocycles. The summed E-state index contributed by atoms with van der Waals surface area (Å²) in [5.41, 5.74) is 1.67. The van der Waals surface area contributed by atoms with Crippen molar-refractivity contribution in [3.8, 4) is 5.75 Å². The van der Waals surface area contributed by atoms with Gasteiger partial charge < -0.3 is 20.7 Å². The second-order valence-electron chi connectivity index (χ2n) is 4.12. The fourth-order valence-electron chi connectivity index (χ4n) is 1.56. The number of methoxy groups -OCH3 is 1. The van der Waals surface area contributed by atoms with Crippen LogP contribution in [0.25, 0.3) is 0 Å². The monoisotopic (exact) mass is 266 g/mol. The maximum Gasteiger partial charge on any atom is 0.279 e. The molecule has 19 heavy (non-hydrogen) atoms. The topological polar surface area (TPSA) is 84.0 Å². The summed E-state index contributed by atoms with van der Waals surface area (Å²) in [4.78, 5) is 22.7. The Balaban J connectivity index is 2.52. The third kappa shape index (κ3) is 4.97. The van der Waals surface area contributed by atoms with Gasteiger partial charge in [0.05, 0.1) is 12.8 Å². The molecular formula is C13H20N3O3+. The molecule has 0 atom stereocenters. The van der Waals surface area contributed by atoms with Gasteiger partial charge in [-0.15, -0.1) is 0 Å². The standard InChI is InChI=1S/C13H19N3O3/c1-9-4-5-11(19-3)10(6-9)16-13(18)8-15-7-12(17)14-2/h4-6,15H,7-8H2,1-3H3,(H,14,17)(H,16,18)/p+1. The van der Waals surface area contributed by atoms with Crippen LogP contribution in [0.3, 0.4) is 0 Å². The molecule has 0 fully saturated rings. The lowest BCUT2D eigenvalue weighted by atomic mass is 10.2. The molecule has 4 N–H and O–H groups in total. The fraction of sp³-hybridized carbons (Fsp3) is 0.385. The van der Waals surface area contributed by atoms with Crippen LogP contribution in [0.4, 0.5) is 5.69 Å². The highest BCUT2D eigenvalue weighted by atomic mass is 16.5. The minimum atomic E-state index is -0.173. The van der Waals surface area contributed by atoms with E-state index in [0.717, 1.165) is 5.56 Å². The van der Waals surface area contributed by atoms with E-state index in [1.807, 2.05) is 19.1 Å². The van der Waals surface area contributed by atoms with Crippen LogP contribution < -0.4 is 20.7 Å². The third-order valence-electron chi connectivity index (χ3n) is 2.57. The molecule has 0 bridgehead atoms. The minimum Gasteiger partial charge on any atom is -0.495 e. The van der Waals surface area contributed by atoms with Crippen molar-refractivity contribution in [1.82, 2.24) is 5.32 Å². The van der Waals surface area contributed by atoms with E-state index in [2.05, 4.69) is 10.6 Å². The molecule has 0 radical (unpaired) electrons. The maximum atomic E-state index is 11.7. The van der Waals surface area contributed by atoms with E-state index < -0.39 is 0 Å². The number of rotatable bonds is 6. The highest BCUT2D eigenvalue weighted by molar-refractivity contribution is 5.93. The third-order valence-corrected chi connectivity index (χ3v) is 2.57. The van der Waals surface area contributed by atoms with Gasteiger partial charge in [0.15, 0.2) is 13.1 Å². The van der Waals surface area contributed by atoms with Crippen molar-refractivity contribution in [1.29, 1.82) is 0 Å². The fourth-order valence-corrected chi connectivity index (χ4v) is 1.56. The summed E-state index contributed by atoms with van der Waals surface area (Å²) in [7, 11) is 3.12. The summed E-state index contributed by atoms with van der Waals surface area (Å²) in [5, 5.41) is 6.89. The van der Waals surface area contributed by atoms with Crippen LogP contribution in [0.5, 0.6) is 5.75 Å². The second kappa shape index (κ2) is 7.38. The number of amides is 2. The Morgan fingerprint density at radius 3 is 2.58 bits per heavy atom. The maximum absolute atomic E-state index is 11.7. The van der Waals surface area contributed by atoms with E-state index in [1.54, 1.807) is 25.5 Å². The molecular weight excluding hydrogens is 246 g/mol. The Morgan fingerprint density at radius 1 is 1.26 bits per heavy atom. The number of nitrogens with two attached hydrogens (primary N) is 1. The predicted molar refractivity (Wildman–Crippen MR) is 72.1 cm³/mol. The Labute approximate surface area is 112 Å². The Hall–Kier alpha value is -2.08. The number of nitrogens with one attached hydrogen (secondary N) is 2. The molecule has 0 aromatic heterocycles. The number of hydrogen-bond donors (Lipinski definition) is 3. The molecule has 6 nitrogen and oxygen atoms in total. The molecule has 6 heteroatoms. The molecule has 0 aliphatic carbocycles. The summed E-state index contributed by atoms with van der Waals surface area (Å²) < 4.78 is 5.17. The van der Waals surface area contributed by atoms with Gasteiger partial charge in [-0.2, -0.15) is 0 Å². The van der Waals surface area contributed by atoms with E-state index in [4.69, 9.17) is 4.74 Å². The Morgan fingerprint density at radius 2 is 1.95 bits per heavy atom.